The van der Waals surface area contributed by atoms with Crippen LogP contribution in [0.5, 0.6) is 0 Å². The van der Waals surface area contributed by atoms with Gasteiger partial charge in [-0.1, -0.05) is 19.1 Å². The molecule has 0 amide bonds. The highest BCUT2D eigenvalue weighted by Gasteiger charge is 2.09. The number of thioether (sulfide) groups is 1. The van der Waals surface area contributed by atoms with E-state index in [0.29, 0.717) is 6.04 Å². The topological polar surface area (TPSA) is 26.0 Å². The molecule has 0 spiro atoms. The maximum Gasteiger partial charge on any atom is 0.0227 e. The van der Waals surface area contributed by atoms with Crippen molar-refractivity contribution >= 4 is 11.8 Å². The van der Waals surface area contributed by atoms with Crippen LogP contribution >= 0.6 is 11.8 Å². The summed E-state index contributed by atoms with van der Waals surface area (Å²) < 4.78 is 0. The van der Waals surface area contributed by atoms with Crippen molar-refractivity contribution < 1.29 is 0 Å². The predicted octanol–water partition coefficient (Wildman–Crippen LogP) is 2.57. The first-order valence-electron chi connectivity index (χ1n) is 4.86. The molecule has 70 valence electrons. The molecule has 0 heterocycles. The van der Waals surface area contributed by atoms with Gasteiger partial charge in [0.05, 0.1) is 0 Å². The van der Waals surface area contributed by atoms with E-state index in [2.05, 4.69) is 19.1 Å². The van der Waals surface area contributed by atoms with Crippen molar-refractivity contribution in [1.29, 1.82) is 0 Å². The summed E-state index contributed by atoms with van der Waals surface area (Å²) in [6, 6.07) is 0.394. The quantitative estimate of drug-likeness (QED) is 0.681. The number of rotatable bonds is 4. The summed E-state index contributed by atoms with van der Waals surface area (Å²) in [6.45, 7) is 2.15. The third-order valence-electron chi connectivity index (χ3n) is 2.26. The van der Waals surface area contributed by atoms with Crippen molar-refractivity contribution in [3.05, 3.63) is 12.2 Å². The van der Waals surface area contributed by atoms with Gasteiger partial charge in [-0.05, 0) is 25.7 Å². The van der Waals surface area contributed by atoms with Crippen molar-refractivity contribution in [1.82, 2.24) is 0 Å². The second-order valence-electron chi connectivity index (χ2n) is 3.40. The van der Waals surface area contributed by atoms with E-state index < -0.39 is 0 Å². The van der Waals surface area contributed by atoms with Crippen LogP contribution in [0.25, 0.3) is 0 Å². The zero-order valence-corrected chi connectivity index (χ0v) is 8.65. The lowest BCUT2D eigenvalue weighted by Crippen LogP contribution is -2.22. The first-order valence-corrected chi connectivity index (χ1v) is 5.91. The van der Waals surface area contributed by atoms with Crippen LogP contribution in [0.1, 0.15) is 32.6 Å². The molecule has 2 unspecified atom stereocenters. The highest BCUT2D eigenvalue weighted by Crippen LogP contribution is 2.23. The van der Waals surface area contributed by atoms with E-state index in [4.69, 9.17) is 5.73 Å². The Labute approximate surface area is 79.8 Å². The molecule has 1 nitrogen and oxygen atoms in total. The summed E-state index contributed by atoms with van der Waals surface area (Å²) in [5.74, 6) is 1.12. The molecule has 0 saturated heterocycles. The van der Waals surface area contributed by atoms with E-state index in [9.17, 15) is 0 Å². The van der Waals surface area contributed by atoms with Crippen LogP contribution < -0.4 is 5.73 Å². The van der Waals surface area contributed by atoms with Crippen LogP contribution in [-0.2, 0) is 0 Å². The Hall–Kier alpha value is 0.0500. The van der Waals surface area contributed by atoms with Crippen molar-refractivity contribution in [3.63, 3.8) is 0 Å². The molecule has 12 heavy (non-hydrogen) atoms. The molecular weight excluding hydrogens is 166 g/mol. The fourth-order valence-corrected chi connectivity index (χ4v) is 2.57. The summed E-state index contributed by atoms with van der Waals surface area (Å²) in [5, 5.41) is 0.747. The second kappa shape index (κ2) is 5.65. The Morgan fingerprint density at radius 1 is 1.67 bits per heavy atom. The first kappa shape index (κ1) is 10.1. The summed E-state index contributed by atoms with van der Waals surface area (Å²) in [7, 11) is 0. The fourth-order valence-electron chi connectivity index (χ4n) is 1.29. The summed E-state index contributed by atoms with van der Waals surface area (Å²) in [5.41, 5.74) is 5.85. The van der Waals surface area contributed by atoms with Crippen molar-refractivity contribution in [2.45, 2.75) is 43.9 Å². The SMILES string of the molecule is CCC(N)CSC1C=CCCC1. The largest absolute Gasteiger partial charge is 0.327 e. The molecule has 2 atom stereocenters. The van der Waals surface area contributed by atoms with E-state index in [0.717, 1.165) is 17.4 Å². The maximum absolute atomic E-state index is 5.85. The molecule has 2 heteroatoms. The van der Waals surface area contributed by atoms with E-state index >= 15 is 0 Å². The minimum absolute atomic E-state index is 0.394. The Morgan fingerprint density at radius 3 is 3.08 bits per heavy atom. The molecule has 1 aliphatic carbocycles. The van der Waals surface area contributed by atoms with Gasteiger partial charge < -0.3 is 5.73 Å². The molecule has 0 fully saturated rings. The number of hydrogen-bond acceptors (Lipinski definition) is 2. The molecule has 1 rings (SSSR count). The van der Waals surface area contributed by atoms with Crippen LogP contribution in [0.3, 0.4) is 0 Å². The van der Waals surface area contributed by atoms with Gasteiger partial charge in [0.15, 0.2) is 0 Å². The van der Waals surface area contributed by atoms with E-state index in [1.807, 2.05) is 11.8 Å². The molecule has 0 aromatic rings. The highest BCUT2D eigenvalue weighted by atomic mass is 32.2. The van der Waals surface area contributed by atoms with Crippen LogP contribution in [0.15, 0.2) is 12.2 Å². The van der Waals surface area contributed by atoms with Crippen LogP contribution in [-0.4, -0.2) is 17.0 Å². The van der Waals surface area contributed by atoms with Crippen molar-refractivity contribution in [2.75, 3.05) is 5.75 Å². The Bertz CT molecular complexity index is 145. The minimum atomic E-state index is 0.394. The summed E-state index contributed by atoms with van der Waals surface area (Å²) in [6.07, 6.45) is 9.72. The standard InChI is InChI=1S/C10H19NS/c1-2-9(11)8-12-10-6-4-3-5-7-10/h4,6,9-10H,2-3,5,7-8,11H2,1H3. The normalized spacial score (nSPS) is 25.7. The molecule has 2 N–H and O–H groups in total. The lowest BCUT2D eigenvalue weighted by atomic mass is 10.1. The molecule has 0 saturated carbocycles. The summed E-state index contributed by atoms with van der Waals surface area (Å²) >= 11 is 2.02. The number of hydrogen-bond donors (Lipinski definition) is 1. The lowest BCUT2D eigenvalue weighted by molar-refractivity contribution is 0.713. The zero-order chi connectivity index (χ0) is 8.81. The molecule has 1 aliphatic rings. The highest BCUT2D eigenvalue weighted by molar-refractivity contribution is 8.00. The third-order valence-corrected chi connectivity index (χ3v) is 3.70. The summed E-state index contributed by atoms with van der Waals surface area (Å²) in [4.78, 5) is 0. The molecule has 0 aliphatic heterocycles. The number of nitrogens with two attached hydrogens (primary N) is 1. The van der Waals surface area contributed by atoms with Crippen molar-refractivity contribution in [2.24, 2.45) is 5.73 Å². The van der Waals surface area contributed by atoms with Gasteiger partial charge in [0.25, 0.3) is 0 Å². The minimum Gasteiger partial charge on any atom is -0.327 e. The number of allylic oxidation sites excluding steroid dienone is 1. The van der Waals surface area contributed by atoms with Gasteiger partial charge in [0.2, 0.25) is 0 Å². The molecule has 0 aromatic carbocycles. The molecular formula is C10H19NS. The van der Waals surface area contributed by atoms with E-state index in [1.165, 1.54) is 19.3 Å². The van der Waals surface area contributed by atoms with Gasteiger partial charge >= 0.3 is 0 Å². The van der Waals surface area contributed by atoms with Crippen LogP contribution in [0.2, 0.25) is 0 Å². The average molecular weight is 185 g/mol. The average Bonchev–Trinajstić information content (AvgIpc) is 2.16. The fraction of sp³-hybridized carbons (Fsp3) is 0.800. The second-order valence-corrected chi connectivity index (χ2v) is 4.67. The Kier molecular flexibility index (Phi) is 4.77. The van der Waals surface area contributed by atoms with Gasteiger partial charge in [0, 0.05) is 17.0 Å². The smallest absolute Gasteiger partial charge is 0.0227 e. The van der Waals surface area contributed by atoms with Crippen LogP contribution in [0.4, 0.5) is 0 Å². The predicted molar refractivity (Wildman–Crippen MR) is 57.5 cm³/mol. The Balaban J connectivity index is 2.13. The van der Waals surface area contributed by atoms with Gasteiger partial charge in [0.1, 0.15) is 0 Å². The zero-order valence-electron chi connectivity index (χ0n) is 7.83. The van der Waals surface area contributed by atoms with Gasteiger partial charge in [-0.2, -0.15) is 11.8 Å². The lowest BCUT2D eigenvalue weighted by Gasteiger charge is -2.17. The third kappa shape index (κ3) is 3.63. The monoisotopic (exact) mass is 185 g/mol. The van der Waals surface area contributed by atoms with E-state index in [-0.39, 0.29) is 0 Å². The Morgan fingerprint density at radius 2 is 2.50 bits per heavy atom. The van der Waals surface area contributed by atoms with Crippen molar-refractivity contribution in [3.8, 4) is 0 Å². The van der Waals surface area contributed by atoms with Gasteiger partial charge in [-0.15, -0.1) is 0 Å². The molecule has 0 radical (unpaired) electrons. The van der Waals surface area contributed by atoms with Gasteiger partial charge in [-0.3, -0.25) is 0 Å². The van der Waals surface area contributed by atoms with E-state index in [1.54, 1.807) is 0 Å². The molecule has 0 aromatic heterocycles. The maximum atomic E-state index is 5.85. The van der Waals surface area contributed by atoms with Gasteiger partial charge in [-0.25, -0.2) is 0 Å². The molecule has 0 bridgehead atoms. The first-order chi connectivity index (χ1) is 5.83. The van der Waals surface area contributed by atoms with Crippen LogP contribution in [0, 0.1) is 0 Å².